The monoisotopic (exact) mass is 210 g/mol. The number of nitrogens with zero attached hydrogens (tertiary/aromatic N) is 3. The van der Waals surface area contributed by atoms with Crippen molar-refractivity contribution < 1.29 is 4.79 Å². The molecule has 1 unspecified atom stereocenters. The fraction of sp³-hybridized carbons (Fsp3) is 0.800. The van der Waals surface area contributed by atoms with E-state index in [2.05, 4.69) is 16.3 Å². The van der Waals surface area contributed by atoms with E-state index in [0.29, 0.717) is 19.5 Å². The summed E-state index contributed by atoms with van der Waals surface area (Å²) in [6, 6.07) is 2.01. The second kappa shape index (κ2) is 5.69. The van der Waals surface area contributed by atoms with Crippen molar-refractivity contribution in [1.29, 1.82) is 5.26 Å². The second-order valence-electron chi connectivity index (χ2n) is 3.90. The van der Waals surface area contributed by atoms with E-state index < -0.39 is 0 Å². The second-order valence-corrected chi connectivity index (χ2v) is 3.90. The van der Waals surface area contributed by atoms with Gasteiger partial charge in [0.25, 0.3) is 0 Å². The van der Waals surface area contributed by atoms with Crippen LogP contribution in [0.5, 0.6) is 0 Å². The van der Waals surface area contributed by atoms with Gasteiger partial charge >= 0.3 is 0 Å². The summed E-state index contributed by atoms with van der Waals surface area (Å²) in [5.74, 6) is 0.111. The van der Waals surface area contributed by atoms with Gasteiger partial charge in [0.1, 0.15) is 6.04 Å². The highest BCUT2D eigenvalue weighted by Crippen LogP contribution is 2.06. The molecule has 0 saturated carbocycles. The van der Waals surface area contributed by atoms with Crippen molar-refractivity contribution >= 4 is 5.91 Å². The van der Waals surface area contributed by atoms with Crippen LogP contribution >= 0.6 is 0 Å². The summed E-state index contributed by atoms with van der Waals surface area (Å²) in [6.07, 6.45) is 0.483. The SMILES string of the molecule is CN(C)C(=O)C1CNCCN1CCC#N. The van der Waals surface area contributed by atoms with Crippen molar-refractivity contribution in [2.45, 2.75) is 12.5 Å². The van der Waals surface area contributed by atoms with E-state index in [9.17, 15) is 4.79 Å². The van der Waals surface area contributed by atoms with Gasteiger partial charge in [0.05, 0.1) is 6.07 Å². The number of carbonyl (C=O) groups excluding carboxylic acids is 1. The Bertz CT molecular complexity index is 259. The molecule has 1 aliphatic rings. The third kappa shape index (κ3) is 3.18. The van der Waals surface area contributed by atoms with E-state index >= 15 is 0 Å². The quantitative estimate of drug-likeness (QED) is 0.666. The zero-order valence-corrected chi connectivity index (χ0v) is 9.36. The fourth-order valence-electron chi connectivity index (χ4n) is 1.75. The summed E-state index contributed by atoms with van der Waals surface area (Å²) < 4.78 is 0. The maximum absolute atomic E-state index is 11.8. The number of hydrogen-bond acceptors (Lipinski definition) is 4. The minimum atomic E-state index is -0.109. The molecule has 0 aromatic rings. The molecule has 1 fully saturated rings. The first-order valence-corrected chi connectivity index (χ1v) is 5.19. The number of carbonyl (C=O) groups is 1. The molecule has 0 aliphatic carbocycles. The smallest absolute Gasteiger partial charge is 0.240 e. The fourth-order valence-corrected chi connectivity index (χ4v) is 1.75. The van der Waals surface area contributed by atoms with Gasteiger partial charge in [0.2, 0.25) is 5.91 Å². The number of hydrogen-bond donors (Lipinski definition) is 1. The van der Waals surface area contributed by atoms with Crippen LogP contribution < -0.4 is 5.32 Å². The summed E-state index contributed by atoms with van der Waals surface area (Å²) >= 11 is 0. The number of likely N-dealkylation sites (N-methyl/N-ethyl adjacent to an activating group) is 1. The first-order valence-electron chi connectivity index (χ1n) is 5.19. The Hall–Kier alpha value is -1.12. The lowest BCUT2D eigenvalue weighted by Crippen LogP contribution is -2.57. The van der Waals surface area contributed by atoms with Gasteiger partial charge in [-0.25, -0.2) is 0 Å². The van der Waals surface area contributed by atoms with Gasteiger partial charge < -0.3 is 10.2 Å². The van der Waals surface area contributed by atoms with Gasteiger partial charge in [0.15, 0.2) is 0 Å². The molecule has 5 heteroatoms. The van der Waals surface area contributed by atoms with Gasteiger partial charge in [-0.05, 0) is 0 Å². The van der Waals surface area contributed by atoms with Gasteiger partial charge in [-0.2, -0.15) is 5.26 Å². The number of amides is 1. The van der Waals surface area contributed by atoms with Crippen LogP contribution in [0.2, 0.25) is 0 Å². The topological polar surface area (TPSA) is 59.4 Å². The highest BCUT2D eigenvalue weighted by atomic mass is 16.2. The standard InChI is InChI=1S/C10H18N4O/c1-13(2)10(15)9-8-12-5-7-14(9)6-3-4-11/h9,12H,3,5-8H2,1-2H3. The van der Waals surface area contributed by atoms with Gasteiger partial charge in [0, 0.05) is 46.7 Å². The van der Waals surface area contributed by atoms with Crippen LogP contribution in [0.15, 0.2) is 0 Å². The normalized spacial score (nSPS) is 22.1. The summed E-state index contributed by atoms with van der Waals surface area (Å²) in [6.45, 7) is 3.10. The molecular formula is C10H18N4O. The predicted molar refractivity (Wildman–Crippen MR) is 57.2 cm³/mol. The molecule has 1 heterocycles. The summed E-state index contributed by atoms with van der Waals surface area (Å²) in [7, 11) is 3.53. The molecule has 0 spiro atoms. The molecular weight excluding hydrogens is 192 g/mol. The zero-order chi connectivity index (χ0) is 11.3. The Morgan fingerprint density at radius 1 is 1.67 bits per heavy atom. The average Bonchev–Trinajstić information content (AvgIpc) is 2.25. The molecule has 5 nitrogen and oxygen atoms in total. The lowest BCUT2D eigenvalue weighted by atomic mass is 10.1. The summed E-state index contributed by atoms with van der Waals surface area (Å²) in [5, 5.41) is 11.7. The Morgan fingerprint density at radius 2 is 2.40 bits per heavy atom. The van der Waals surface area contributed by atoms with Crippen LogP contribution in [0.4, 0.5) is 0 Å². The largest absolute Gasteiger partial charge is 0.347 e. The van der Waals surface area contributed by atoms with Gasteiger partial charge in [-0.15, -0.1) is 0 Å². The Labute approximate surface area is 90.6 Å². The molecule has 0 radical (unpaired) electrons. The summed E-state index contributed by atoms with van der Waals surface area (Å²) in [5.41, 5.74) is 0. The van der Waals surface area contributed by atoms with Crippen LogP contribution in [0.1, 0.15) is 6.42 Å². The maximum atomic E-state index is 11.8. The van der Waals surface area contributed by atoms with Crippen LogP contribution in [0.3, 0.4) is 0 Å². The maximum Gasteiger partial charge on any atom is 0.240 e. The van der Waals surface area contributed by atoms with Crippen molar-refractivity contribution in [3.63, 3.8) is 0 Å². The van der Waals surface area contributed by atoms with E-state index in [1.165, 1.54) is 0 Å². The predicted octanol–water partition coefficient (Wildman–Crippen LogP) is -0.738. The highest BCUT2D eigenvalue weighted by Gasteiger charge is 2.28. The number of nitrogens with one attached hydrogen (secondary N) is 1. The molecule has 1 atom stereocenters. The third-order valence-electron chi connectivity index (χ3n) is 2.59. The molecule has 15 heavy (non-hydrogen) atoms. The molecule has 1 rings (SSSR count). The van der Waals surface area contributed by atoms with Gasteiger partial charge in [-0.3, -0.25) is 9.69 Å². The number of piperazine rings is 1. The first kappa shape index (κ1) is 12.0. The first-order chi connectivity index (χ1) is 7.16. The van der Waals surface area contributed by atoms with Crippen molar-refractivity contribution in [3.8, 4) is 6.07 Å². The van der Waals surface area contributed by atoms with Crippen LogP contribution in [0.25, 0.3) is 0 Å². The van der Waals surface area contributed by atoms with E-state index in [4.69, 9.17) is 5.26 Å². The van der Waals surface area contributed by atoms with Crippen LogP contribution in [0, 0.1) is 11.3 Å². The minimum absolute atomic E-state index is 0.109. The zero-order valence-electron chi connectivity index (χ0n) is 9.36. The molecule has 84 valence electrons. The third-order valence-corrected chi connectivity index (χ3v) is 2.59. The Kier molecular flexibility index (Phi) is 4.53. The van der Waals surface area contributed by atoms with Crippen molar-refractivity contribution in [2.24, 2.45) is 0 Å². The number of nitriles is 1. The summed E-state index contributed by atoms with van der Waals surface area (Å²) in [4.78, 5) is 15.5. The van der Waals surface area contributed by atoms with Crippen molar-refractivity contribution in [2.75, 3.05) is 40.3 Å². The van der Waals surface area contributed by atoms with E-state index in [1.807, 2.05) is 0 Å². The molecule has 0 bridgehead atoms. The minimum Gasteiger partial charge on any atom is -0.347 e. The van der Waals surface area contributed by atoms with E-state index in [0.717, 1.165) is 13.1 Å². The lowest BCUT2D eigenvalue weighted by Gasteiger charge is -2.35. The molecule has 0 aromatic carbocycles. The van der Waals surface area contributed by atoms with E-state index in [1.54, 1.807) is 19.0 Å². The Balaban J connectivity index is 2.57. The molecule has 0 aromatic heterocycles. The van der Waals surface area contributed by atoms with Crippen molar-refractivity contribution in [1.82, 2.24) is 15.1 Å². The molecule has 1 aliphatic heterocycles. The van der Waals surface area contributed by atoms with Gasteiger partial charge in [-0.1, -0.05) is 0 Å². The van der Waals surface area contributed by atoms with Crippen LogP contribution in [-0.2, 0) is 4.79 Å². The Morgan fingerprint density at radius 3 is 3.00 bits per heavy atom. The molecule has 1 amide bonds. The molecule has 1 saturated heterocycles. The van der Waals surface area contributed by atoms with E-state index in [-0.39, 0.29) is 11.9 Å². The molecule has 1 N–H and O–H groups in total. The van der Waals surface area contributed by atoms with Crippen molar-refractivity contribution in [3.05, 3.63) is 0 Å². The highest BCUT2D eigenvalue weighted by molar-refractivity contribution is 5.81. The van der Waals surface area contributed by atoms with Crippen LogP contribution in [-0.4, -0.2) is 62.0 Å². The lowest BCUT2D eigenvalue weighted by molar-refractivity contribution is -0.135. The average molecular weight is 210 g/mol. The number of rotatable bonds is 3.